The summed E-state index contributed by atoms with van der Waals surface area (Å²) in [6.07, 6.45) is 0.306. The van der Waals surface area contributed by atoms with Crippen LogP contribution in [0, 0.1) is 22.7 Å². The molecule has 1 atom stereocenters. The minimum atomic E-state index is -0.594. The summed E-state index contributed by atoms with van der Waals surface area (Å²) in [7, 11) is 0. The summed E-state index contributed by atoms with van der Waals surface area (Å²) < 4.78 is 11.5. The van der Waals surface area contributed by atoms with Gasteiger partial charge in [-0.2, -0.15) is 10.5 Å². The Balaban J connectivity index is 1.93. The lowest BCUT2D eigenvalue weighted by atomic mass is 9.91. The van der Waals surface area contributed by atoms with E-state index in [1.54, 1.807) is 47.4 Å². The molecule has 142 valence electrons. The fourth-order valence-electron chi connectivity index (χ4n) is 3.06. The first-order chi connectivity index (χ1) is 13.3. The molecule has 1 fully saturated rings. The molecule has 1 aliphatic heterocycles. The van der Waals surface area contributed by atoms with E-state index in [2.05, 4.69) is 12.1 Å². The average molecular weight is 375 g/mol. The number of carbonyl (C=O) groups is 1. The molecule has 0 radical (unpaired) electrons. The van der Waals surface area contributed by atoms with Crippen molar-refractivity contribution in [2.75, 3.05) is 6.54 Å². The number of benzene rings is 2. The number of carbonyl (C=O) groups excluding carboxylic acids is 1. The molecule has 1 saturated heterocycles. The van der Waals surface area contributed by atoms with E-state index in [1.807, 2.05) is 20.8 Å². The molecule has 6 heteroatoms. The summed E-state index contributed by atoms with van der Waals surface area (Å²) in [4.78, 5) is 14.1. The summed E-state index contributed by atoms with van der Waals surface area (Å²) in [5.41, 5.74) is 0.995. The Hall–Kier alpha value is -3.51. The van der Waals surface area contributed by atoms with E-state index in [-0.39, 0.29) is 6.04 Å². The fourth-order valence-corrected chi connectivity index (χ4v) is 3.06. The van der Waals surface area contributed by atoms with Gasteiger partial charge in [0, 0.05) is 12.1 Å². The normalized spacial score (nSPS) is 15.8. The quantitative estimate of drug-likeness (QED) is 0.761. The highest BCUT2D eigenvalue weighted by Gasteiger charge is 2.39. The van der Waals surface area contributed by atoms with Crippen LogP contribution in [0.25, 0.3) is 0 Å². The predicted octanol–water partition coefficient (Wildman–Crippen LogP) is 4.90. The molecule has 2 aromatic rings. The van der Waals surface area contributed by atoms with Gasteiger partial charge in [0.15, 0.2) is 0 Å². The van der Waals surface area contributed by atoms with Crippen molar-refractivity contribution in [3.05, 3.63) is 59.2 Å². The van der Waals surface area contributed by atoms with Gasteiger partial charge in [-0.25, -0.2) is 4.79 Å². The molecule has 1 amide bonds. The van der Waals surface area contributed by atoms with Gasteiger partial charge in [-0.3, -0.25) is 0 Å². The highest BCUT2D eigenvalue weighted by Crippen LogP contribution is 2.42. The van der Waals surface area contributed by atoms with Gasteiger partial charge in [-0.15, -0.1) is 0 Å². The summed E-state index contributed by atoms with van der Waals surface area (Å²) in [5.74, 6) is 0.992. The van der Waals surface area contributed by atoms with Crippen molar-refractivity contribution in [1.29, 1.82) is 10.5 Å². The molecular weight excluding hydrogens is 354 g/mol. The Morgan fingerprint density at radius 3 is 2.50 bits per heavy atom. The second kappa shape index (κ2) is 7.62. The van der Waals surface area contributed by atoms with Crippen LogP contribution in [0.15, 0.2) is 42.5 Å². The van der Waals surface area contributed by atoms with Crippen LogP contribution in [0.4, 0.5) is 4.79 Å². The van der Waals surface area contributed by atoms with Crippen molar-refractivity contribution >= 4 is 6.09 Å². The molecule has 0 aliphatic carbocycles. The minimum Gasteiger partial charge on any atom is -0.457 e. The van der Waals surface area contributed by atoms with Crippen LogP contribution in [-0.2, 0) is 4.74 Å². The first-order valence-electron chi connectivity index (χ1n) is 9.03. The topological polar surface area (TPSA) is 86.3 Å². The molecule has 28 heavy (non-hydrogen) atoms. The number of rotatable bonds is 3. The largest absolute Gasteiger partial charge is 0.457 e. The van der Waals surface area contributed by atoms with Crippen LogP contribution < -0.4 is 4.74 Å². The van der Waals surface area contributed by atoms with E-state index >= 15 is 0 Å². The third-order valence-electron chi connectivity index (χ3n) is 4.36. The van der Waals surface area contributed by atoms with Crippen LogP contribution in [0.5, 0.6) is 11.5 Å². The second-order valence-electron chi connectivity index (χ2n) is 7.55. The summed E-state index contributed by atoms with van der Waals surface area (Å²) >= 11 is 0. The highest BCUT2D eigenvalue weighted by atomic mass is 16.6. The van der Waals surface area contributed by atoms with Crippen molar-refractivity contribution in [1.82, 2.24) is 4.90 Å². The Bertz CT molecular complexity index is 980. The maximum Gasteiger partial charge on any atom is 0.410 e. The van der Waals surface area contributed by atoms with E-state index in [0.29, 0.717) is 41.2 Å². The maximum absolute atomic E-state index is 12.5. The Labute approximate surface area is 164 Å². The molecule has 0 bridgehead atoms. The van der Waals surface area contributed by atoms with E-state index < -0.39 is 11.7 Å². The lowest BCUT2D eigenvalue weighted by molar-refractivity contribution is -0.00605. The number of hydrogen-bond acceptors (Lipinski definition) is 5. The molecule has 3 rings (SSSR count). The van der Waals surface area contributed by atoms with Crippen molar-refractivity contribution in [2.24, 2.45) is 0 Å². The number of likely N-dealkylation sites (tertiary alicyclic amines) is 1. The van der Waals surface area contributed by atoms with Gasteiger partial charge in [0.05, 0.1) is 29.3 Å². The molecular formula is C22H21N3O3. The number of nitriles is 2. The monoisotopic (exact) mass is 375 g/mol. The molecule has 0 spiro atoms. The van der Waals surface area contributed by atoms with Crippen molar-refractivity contribution in [3.8, 4) is 23.6 Å². The summed E-state index contributed by atoms with van der Waals surface area (Å²) in [6.45, 7) is 6.02. The zero-order valence-electron chi connectivity index (χ0n) is 16.1. The average Bonchev–Trinajstić information content (AvgIpc) is 2.60. The summed E-state index contributed by atoms with van der Waals surface area (Å²) in [5, 5.41) is 18.7. The van der Waals surface area contributed by atoms with Gasteiger partial charge in [0.1, 0.15) is 17.1 Å². The standard InChI is InChI=1S/C22H21N3O3/c1-22(2,3)28-21(26)25-11-10-18(25)20-16(14-24)7-5-9-19(20)27-17-8-4-6-15(12-17)13-23/h4-9,12,18H,10-11H2,1-3H3. The first-order valence-corrected chi connectivity index (χ1v) is 9.03. The molecule has 0 saturated carbocycles. The van der Waals surface area contributed by atoms with Gasteiger partial charge in [0.2, 0.25) is 0 Å². The Morgan fingerprint density at radius 2 is 1.89 bits per heavy atom. The lowest BCUT2D eigenvalue weighted by Gasteiger charge is -2.42. The van der Waals surface area contributed by atoms with Gasteiger partial charge in [-0.05, 0) is 57.5 Å². The Kier molecular flexibility index (Phi) is 5.24. The van der Waals surface area contributed by atoms with Crippen molar-refractivity contribution < 1.29 is 14.3 Å². The van der Waals surface area contributed by atoms with E-state index in [9.17, 15) is 10.1 Å². The van der Waals surface area contributed by atoms with E-state index in [0.717, 1.165) is 0 Å². The number of amides is 1. The molecule has 6 nitrogen and oxygen atoms in total. The zero-order valence-corrected chi connectivity index (χ0v) is 16.1. The third-order valence-corrected chi connectivity index (χ3v) is 4.36. The number of nitrogens with zero attached hydrogens (tertiary/aromatic N) is 3. The zero-order chi connectivity index (χ0) is 20.3. The smallest absolute Gasteiger partial charge is 0.410 e. The van der Waals surface area contributed by atoms with Gasteiger partial charge < -0.3 is 14.4 Å². The molecule has 1 heterocycles. The maximum atomic E-state index is 12.5. The van der Waals surface area contributed by atoms with Gasteiger partial charge in [0.25, 0.3) is 0 Å². The van der Waals surface area contributed by atoms with Crippen LogP contribution in [-0.4, -0.2) is 23.1 Å². The molecule has 0 N–H and O–H groups in total. The minimum absolute atomic E-state index is 0.292. The summed E-state index contributed by atoms with van der Waals surface area (Å²) in [6, 6.07) is 16.0. The molecule has 2 aromatic carbocycles. The van der Waals surface area contributed by atoms with Crippen molar-refractivity contribution in [2.45, 2.75) is 38.8 Å². The lowest BCUT2D eigenvalue weighted by Crippen LogP contribution is -2.47. The third kappa shape index (κ3) is 4.07. The number of ether oxygens (including phenoxy) is 2. The van der Waals surface area contributed by atoms with Crippen LogP contribution in [0.1, 0.15) is 49.9 Å². The molecule has 0 aromatic heterocycles. The van der Waals surface area contributed by atoms with E-state index in [1.165, 1.54) is 0 Å². The van der Waals surface area contributed by atoms with Gasteiger partial charge >= 0.3 is 6.09 Å². The first kappa shape index (κ1) is 19.3. The van der Waals surface area contributed by atoms with Crippen molar-refractivity contribution in [3.63, 3.8) is 0 Å². The van der Waals surface area contributed by atoms with Crippen LogP contribution >= 0.6 is 0 Å². The fraction of sp³-hybridized carbons (Fsp3) is 0.318. The predicted molar refractivity (Wildman–Crippen MR) is 103 cm³/mol. The van der Waals surface area contributed by atoms with Gasteiger partial charge in [-0.1, -0.05) is 12.1 Å². The Morgan fingerprint density at radius 1 is 1.14 bits per heavy atom. The highest BCUT2D eigenvalue weighted by molar-refractivity contribution is 5.71. The molecule has 1 aliphatic rings. The molecule has 1 unspecified atom stereocenters. The van der Waals surface area contributed by atoms with Crippen LogP contribution in [0.3, 0.4) is 0 Å². The number of hydrogen-bond donors (Lipinski definition) is 0. The second-order valence-corrected chi connectivity index (χ2v) is 7.55. The van der Waals surface area contributed by atoms with Crippen LogP contribution in [0.2, 0.25) is 0 Å². The SMILES string of the molecule is CC(C)(C)OC(=O)N1CCC1c1c(C#N)cccc1Oc1cccc(C#N)c1. The van der Waals surface area contributed by atoms with E-state index in [4.69, 9.17) is 14.7 Å².